The second kappa shape index (κ2) is 9.20. The standard InChI is InChI=1S/C14H23NO2.ClH/c1-11(2)15-13(9-16-4)10-17-14-7-5-6-12(3)8-14;/h5-8,11,13,15H,9-10H2,1-4H3;1H. The molecule has 1 N–H and O–H groups in total. The lowest BCUT2D eigenvalue weighted by Gasteiger charge is -2.21. The summed E-state index contributed by atoms with van der Waals surface area (Å²) in [5, 5.41) is 3.42. The lowest BCUT2D eigenvalue weighted by Crippen LogP contribution is -2.42. The van der Waals surface area contributed by atoms with Gasteiger partial charge < -0.3 is 14.8 Å². The van der Waals surface area contributed by atoms with Gasteiger partial charge in [-0.25, -0.2) is 0 Å². The Labute approximate surface area is 116 Å². The number of halogens is 1. The van der Waals surface area contributed by atoms with E-state index in [2.05, 4.69) is 32.2 Å². The predicted molar refractivity (Wildman–Crippen MR) is 77.9 cm³/mol. The summed E-state index contributed by atoms with van der Waals surface area (Å²) in [6.45, 7) is 7.58. The molecular weight excluding hydrogens is 250 g/mol. The number of benzene rings is 1. The smallest absolute Gasteiger partial charge is 0.119 e. The molecule has 3 nitrogen and oxygen atoms in total. The summed E-state index contributed by atoms with van der Waals surface area (Å²) in [4.78, 5) is 0. The first-order chi connectivity index (χ1) is 8.11. The molecule has 1 aromatic carbocycles. The number of rotatable bonds is 7. The molecule has 1 aromatic rings. The maximum absolute atomic E-state index is 5.76. The van der Waals surface area contributed by atoms with Gasteiger partial charge in [0.25, 0.3) is 0 Å². The van der Waals surface area contributed by atoms with Gasteiger partial charge in [0.1, 0.15) is 12.4 Å². The van der Waals surface area contributed by atoms with Crippen LogP contribution >= 0.6 is 12.4 Å². The van der Waals surface area contributed by atoms with E-state index in [1.54, 1.807) is 7.11 Å². The van der Waals surface area contributed by atoms with Crippen LogP contribution in [0, 0.1) is 6.92 Å². The molecule has 0 aliphatic carbocycles. The van der Waals surface area contributed by atoms with E-state index in [4.69, 9.17) is 9.47 Å². The maximum Gasteiger partial charge on any atom is 0.119 e. The van der Waals surface area contributed by atoms with Gasteiger partial charge in [0.2, 0.25) is 0 Å². The van der Waals surface area contributed by atoms with E-state index in [0.29, 0.717) is 19.3 Å². The zero-order chi connectivity index (χ0) is 12.7. The first kappa shape index (κ1) is 17.2. The minimum absolute atomic E-state index is 0. The van der Waals surface area contributed by atoms with Crippen LogP contribution in [0.15, 0.2) is 24.3 Å². The van der Waals surface area contributed by atoms with Crippen LogP contribution in [0.4, 0.5) is 0 Å². The second-order valence-corrected chi connectivity index (χ2v) is 4.60. The molecular formula is C14H24ClNO2. The molecule has 0 fully saturated rings. The lowest BCUT2D eigenvalue weighted by atomic mass is 10.2. The van der Waals surface area contributed by atoms with Crippen LogP contribution in [0.2, 0.25) is 0 Å². The fourth-order valence-corrected chi connectivity index (χ4v) is 1.72. The zero-order valence-electron chi connectivity index (χ0n) is 11.6. The van der Waals surface area contributed by atoms with Crippen molar-refractivity contribution in [2.24, 2.45) is 0 Å². The molecule has 4 heteroatoms. The van der Waals surface area contributed by atoms with Gasteiger partial charge in [-0.05, 0) is 24.6 Å². The highest BCUT2D eigenvalue weighted by atomic mass is 35.5. The largest absolute Gasteiger partial charge is 0.492 e. The van der Waals surface area contributed by atoms with Crippen molar-refractivity contribution in [3.63, 3.8) is 0 Å². The summed E-state index contributed by atoms with van der Waals surface area (Å²) < 4.78 is 10.9. The quantitative estimate of drug-likeness (QED) is 0.829. The van der Waals surface area contributed by atoms with E-state index in [1.807, 2.05) is 18.2 Å². The van der Waals surface area contributed by atoms with Crippen LogP contribution < -0.4 is 10.1 Å². The van der Waals surface area contributed by atoms with Gasteiger partial charge >= 0.3 is 0 Å². The fourth-order valence-electron chi connectivity index (χ4n) is 1.72. The summed E-state index contributed by atoms with van der Waals surface area (Å²) in [5.74, 6) is 0.914. The van der Waals surface area contributed by atoms with Crippen LogP contribution in [0.1, 0.15) is 19.4 Å². The van der Waals surface area contributed by atoms with Crippen molar-refractivity contribution in [3.05, 3.63) is 29.8 Å². The van der Waals surface area contributed by atoms with Crippen molar-refractivity contribution in [1.82, 2.24) is 5.32 Å². The first-order valence-corrected chi connectivity index (χ1v) is 6.06. The highest BCUT2D eigenvalue weighted by Crippen LogP contribution is 2.12. The molecule has 0 saturated heterocycles. The van der Waals surface area contributed by atoms with Gasteiger partial charge in [0.05, 0.1) is 12.6 Å². The molecule has 1 rings (SSSR count). The van der Waals surface area contributed by atoms with Gasteiger partial charge in [0, 0.05) is 13.2 Å². The van der Waals surface area contributed by atoms with E-state index >= 15 is 0 Å². The Morgan fingerprint density at radius 1 is 1.22 bits per heavy atom. The molecule has 1 unspecified atom stereocenters. The number of methoxy groups -OCH3 is 1. The second-order valence-electron chi connectivity index (χ2n) is 4.60. The molecule has 0 spiro atoms. The minimum atomic E-state index is 0. The minimum Gasteiger partial charge on any atom is -0.492 e. The Morgan fingerprint density at radius 2 is 1.94 bits per heavy atom. The first-order valence-electron chi connectivity index (χ1n) is 6.06. The normalized spacial score (nSPS) is 12.1. The van der Waals surface area contributed by atoms with E-state index < -0.39 is 0 Å². The van der Waals surface area contributed by atoms with Crippen molar-refractivity contribution in [1.29, 1.82) is 0 Å². The predicted octanol–water partition coefficient (Wildman–Crippen LogP) is 2.81. The summed E-state index contributed by atoms with van der Waals surface area (Å²) in [6.07, 6.45) is 0. The van der Waals surface area contributed by atoms with E-state index in [9.17, 15) is 0 Å². The molecule has 1 atom stereocenters. The SMILES string of the molecule is COCC(COc1cccc(C)c1)NC(C)C.Cl. The Kier molecular flexibility index (Phi) is 8.81. The summed E-state index contributed by atoms with van der Waals surface area (Å²) >= 11 is 0. The Bertz CT molecular complexity index is 331. The lowest BCUT2D eigenvalue weighted by molar-refractivity contribution is 0.132. The van der Waals surface area contributed by atoms with Crippen LogP contribution in [0.25, 0.3) is 0 Å². The van der Waals surface area contributed by atoms with Crippen molar-refractivity contribution in [2.45, 2.75) is 32.9 Å². The number of ether oxygens (including phenoxy) is 2. The Hall–Kier alpha value is -0.770. The van der Waals surface area contributed by atoms with Gasteiger partial charge in [0.15, 0.2) is 0 Å². The van der Waals surface area contributed by atoms with Gasteiger partial charge in [-0.1, -0.05) is 26.0 Å². The van der Waals surface area contributed by atoms with Crippen LogP contribution in [0.3, 0.4) is 0 Å². The zero-order valence-corrected chi connectivity index (χ0v) is 12.4. The molecule has 104 valence electrons. The molecule has 0 aromatic heterocycles. The summed E-state index contributed by atoms with van der Waals surface area (Å²) in [5.41, 5.74) is 1.21. The highest BCUT2D eigenvalue weighted by Gasteiger charge is 2.10. The third-order valence-corrected chi connectivity index (χ3v) is 2.38. The van der Waals surface area contributed by atoms with E-state index in [0.717, 1.165) is 5.75 Å². The molecule has 18 heavy (non-hydrogen) atoms. The number of hydrogen-bond donors (Lipinski definition) is 1. The van der Waals surface area contributed by atoms with Crippen molar-refractivity contribution in [3.8, 4) is 5.75 Å². The molecule has 0 saturated carbocycles. The Balaban J connectivity index is 0.00000289. The monoisotopic (exact) mass is 273 g/mol. The molecule has 0 amide bonds. The van der Waals surface area contributed by atoms with Crippen molar-refractivity contribution < 1.29 is 9.47 Å². The Morgan fingerprint density at radius 3 is 2.50 bits per heavy atom. The van der Waals surface area contributed by atoms with Gasteiger partial charge in [-0.3, -0.25) is 0 Å². The van der Waals surface area contributed by atoms with Gasteiger partial charge in [-0.15, -0.1) is 12.4 Å². The van der Waals surface area contributed by atoms with Crippen LogP contribution in [0.5, 0.6) is 5.75 Å². The summed E-state index contributed by atoms with van der Waals surface area (Å²) in [6, 6.07) is 8.74. The van der Waals surface area contributed by atoms with Crippen LogP contribution in [-0.4, -0.2) is 32.4 Å². The highest BCUT2D eigenvalue weighted by molar-refractivity contribution is 5.85. The summed E-state index contributed by atoms with van der Waals surface area (Å²) in [7, 11) is 1.71. The molecule has 0 heterocycles. The molecule has 0 bridgehead atoms. The van der Waals surface area contributed by atoms with E-state index in [1.165, 1.54) is 5.56 Å². The van der Waals surface area contributed by atoms with Crippen LogP contribution in [-0.2, 0) is 4.74 Å². The average molecular weight is 274 g/mol. The average Bonchev–Trinajstić information content (AvgIpc) is 2.26. The topological polar surface area (TPSA) is 30.5 Å². The van der Waals surface area contributed by atoms with E-state index in [-0.39, 0.29) is 18.4 Å². The van der Waals surface area contributed by atoms with Crippen molar-refractivity contribution in [2.75, 3.05) is 20.3 Å². The third kappa shape index (κ3) is 6.84. The molecule has 0 aliphatic rings. The fraction of sp³-hybridized carbons (Fsp3) is 0.571. The van der Waals surface area contributed by atoms with Crippen molar-refractivity contribution >= 4 is 12.4 Å². The molecule has 0 aliphatic heterocycles. The number of nitrogens with one attached hydrogen (secondary N) is 1. The number of hydrogen-bond acceptors (Lipinski definition) is 3. The molecule has 0 radical (unpaired) electrons. The van der Waals surface area contributed by atoms with Gasteiger partial charge in [-0.2, -0.15) is 0 Å². The number of aryl methyl sites for hydroxylation is 1. The third-order valence-electron chi connectivity index (χ3n) is 2.38. The maximum atomic E-state index is 5.76.